The first kappa shape index (κ1) is 10.3. The van der Waals surface area contributed by atoms with Crippen molar-refractivity contribution in [2.75, 3.05) is 12.4 Å². The Hall–Kier alpha value is -1.24. The maximum Gasteiger partial charge on any atom is 0.187 e. The van der Waals surface area contributed by atoms with Crippen LogP contribution >= 0.6 is 0 Å². The molecule has 0 bridgehead atoms. The van der Waals surface area contributed by atoms with Crippen molar-refractivity contribution >= 4 is 5.82 Å². The summed E-state index contributed by atoms with van der Waals surface area (Å²) in [5.74, 6) is 0.441. The van der Waals surface area contributed by atoms with Gasteiger partial charge in [-0.3, -0.25) is 0 Å². The predicted molar refractivity (Wildman–Crippen MR) is 53.9 cm³/mol. The lowest BCUT2D eigenvalue weighted by Gasteiger charge is -2.34. The van der Waals surface area contributed by atoms with Crippen molar-refractivity contribution in [2.45, 2.75) is 26.4 Å². The second-order valence-electron chi connectivity index (χ2n) is 3.69. The number of rotatable bonds is 0. The van der Waals surface area contributed by atoms with Crippen LogP contribution in [0.2, 0.25) is 0 Å². The highest BCUT2D eigenvalue weighted by atomic mass is 16.3. The molecule has 1 aromatic rings. The molecule has 82 valence electrons. The Morgan fingerprint density at radius 3 is 2.47 bits per heavy atom. The Labute approximate surface area is 87.6 Å². The van der Waals surface area contributed by atoms with Crippen LogP contribution in [0.1, 0.15) is 23.3 Å². The minimum Gasteiger partial charge on any atom is -0.372 e. The normalized spacial score (nSPS) is 25.9. The van der Waals surface area contributed by atoms with Crippen LogP contribution in [-0.4, -0.2) is 38.5 Å². The largest absolute Gasteiger partial charge is 0.372 e. The van der Waals surface area contributed by atoms with Crippen molar-refractivity contribution in [1.82, 2.24) is 14.9 Å². The van der Waals surface area contributed by atoms with E-state index >= 15 is 0 Å². The Bertz CT molecular complexity index is 396. The molecule has 0 spiro atoms. The van der Waals surface area contributed by atoms with E-state index in [1.807, 2.05) is 13.8 Å². The number of aromatic nitrogens is 2. The maximum atomic E-state index is 9.84. The summed E-state index contributed by atoms with van der Waals surface area (Å²) in [6.45, 7) is 3.67. The quantitative estimate of drug-likeness (QED) is 0.546. The van der Waals surface area contributed by atoms with E-state index < -0.39 is 12.6 Å². The number of aryl methyl sites for hydroxylation is 2. The molecule has 1 aliphatic rings. The van der Waals surface area contributed by atoms with Crippen molar-refractivity contribution in [3.05, 3.63) is 17.1 Å². The fourth-order valence-corrected chi connectivity index (χ4v) is 1.46. The number of nitrogens with zero attached hydrogens (tertiary/aromatic N) is 3. The molecule has 0 aromatic carbocycles. The van der Waals surface area contributed by atoms with Gasteiger partial charge in [-0.15, -0.1) is 0 Å². The van der Waals surface area contributed by atoms with Gasteiger partial charge in [0.05, 0.1) is 11.4 Å². The van der Waals surface area contributed by atoms with E-state index in [1.54, 1.807) is 7.05 Å². The topological polar surface area (TPSA) is 81.5 Å². The van der Waals surface area contributed by atoms with E-state index in [4.69, 9.17) is 0 Å². The maximum absolute atomic E-state index is 9.84. The van der Waals surface area contributed by atoms with Gasteiger partial charge in [-0.25, -0.2) is 14.9 Å². The molecule has 0 fully saturated rings. The first-order valence-electron chi connectivity index (χ1n) is 4.70. The summed E-state index contributed by atoms with van der Waals surface area (Å²) in [6.07, 6.45) is -1.87. The molecule has 2 rings (SSSR count). The van der Waals surface area contributed by atoms with Gasteiger partial charge in [0.25, 0.3) is 0 Å². The van der Waals surface area contributed by atoms with E-state index in [0.29, 0.717) is 11.5 Å². The van der Waals surface area contributed by atoms with Crippen molar-refractivity contribution in [1.29, 1.82) is 0 Å². The molecule has 3 N–H and O–H groups in total. The van der Waals surface area contributed by atoms with Gasteiger partial charge in [0.2, 0.25) is 0 Å². The number of hydrogen-bond acceptors (Lipinski definition) is 6. The third-order valence-corrected chi connectivity index (χ3v) is 2.62. The number of anilines is 1. The van der Waals surface area contributed by atoms with Crippen LogP contribution < -0.4 is 5.32 Å². The van der Waals surface area contributed by atoms with Gasteiger partial charge in [-0.2, -0.15) is 0 Å². The van der Waals surface area contributed by atoms with Gasteiger partial charge in [-0.1, -0.05) is 0 Å². The van der Waals surface area contributed by atoms with Crippen molar-refractivity contribution in [2.24, 2.45) is 0 Å². The molecule has 6 heteroatoms. The standard InChI is InChI=1S/C9H14N4O2/c1-4-5(2)11-7-6(10-4)8(14)13(3)9(15)12-7/h8-9,14-15H,1-3H3,(H,11,12). The predicted octanol–water partition coefficient (Wildman–Crippen LogP) is -0.282. The van der Waals surface area contributed by atoms with Crippen LogP contribution in [0.15, 0.2) is 0 Å². The molecule has 0 saturated carbocycles. The minimum atomic E-state index is -0.941. The zero-order chi connectivity index (χ0) is 11.2. The summed E-state index contributed by atoms with van der Waals surface area (Å²) >= 11 is 0. The molecule has 1 aliphatic heterocycles. The Morgan fingerprint density at radius 2 is 1.80 bits per heavy atom. The fourth-order valence-electron chi connectivity index (χ4n) is 1.46. The number of hydrogen-bond donors (Lipinski definition) is 3. The van der Waals surface area contributed by atoms with E-state index in [9.17, 15) is 10.2 Å². The van der Waals surface area contributed by atoms with Gasteiger partial charge < -0.3 is 15.5 Å². The first-order valence-corrected chi connectivity index (χ1v) is 4.70. The number of nitrogens with one attached hydrogen (secondary N) is 1. The molecule has 2 heterocycles. The van der Waals surface area contributed by atoms with Crippen LogP contribution in [-0.2, 0) is 0 Å². The van der Waals surface area contributed by atoms with Gasteiger partial charge in [0.1, 0.15) is 5.69 Å². The summed E-state index contributed by atoms with van der Waals surface area (Å²) in [5.41, 5.74) is 2.01. The van der Waals surface area contributed by atoms with Crippen LogP contribution in [0, 0.1) is 13.8 Å². The zero-order valence-corrected chi connectivity index (χ0v) is 8.89. The highest BCUT2D eigenvalue weighted by Gasteiger charge is 2.31. The first-order chi connectivity index (χ1) is 7.00. The Balaban J connectivity index is 2.51. The summed E-state index contributed by atoms with van der Waals surface area (Å²) in [7, 11) is 1.60. The van der Waals surface area contributed by atoms with Crippen molar-refractivity contribution in [3.8, 4) is 0 Å². The van der Waals surface area contributed by atoms with Crippen molar-refractivity contribution in [3.63, 3.8) is 0 Å². The summed E-state index contributed by atoms with van der Waals surface area (Å²) in [4.78, 5) is 9.85. The second kappa shape index (κ2) is 3.41. The van der Waals surface area contributed by atoms with Crippen LogP contribution in [0.3, 0.4) is 0 Å². The van der Waals surface area contributed by atoms with Crippen LogP contribution in [0.25, 0.3) is 0 Å². The number of aliphatic hydroxyl groups is 2. The summed E-state index contributed by atoms with van der Waals surface area (Å²) < 4.78 is 0. The molecule has 2 unspecified atom stereocenters. The van der Waals surface area contributed by atoms with E-state index in [-0.39, 0.29) is 0 Å². The molecule has 2 atom stereocenters. The van der Waals surface area contributed by atoms with Crippen LogP contribution in [0.4, 0.5) is 5.82 Å². The molecule has 1 aromatic heterocycles. The Kier molecular flexibility index (Phi) is 2.34. The van der Waals surface area contributed by atoms with E-state index in [1.165, 1.54) is 4.90 Å². The number of fused-ring (bicyclic) bond motifs is 1. The molecular weight excluding hydrogens is 196 g/mol. The smallest absolute Gasteiger partial charge is 0.187 e. The minimum absolute atomic E-state index is 0.441. The van der Waals surface area contributed by atoms with Crippen molar-refractivity contribution < 1.29 is 10.2 Å². The highest BCUT2D eigenvalue weighted by Crippen LogP contribution is 2.28. The van der Waals surface area contributed by atoms with E-state index in [2.05, 4.69) is 15.3 Å². The lowest BCUT2D eigenvalue weighted by Crippen LogP contribution is -2.45. The highest BCUT2D eigenvalue weighted by molar-refractivity contribution is 5.45. The molecular formula is C9H14N4O2. The molecule has 0 saturated heterocycles. The fraction of sp³-hybridized carbons (Fsp3) is 0.556. The molecule has 15 heavy (non-hydrogen) atoms. The molecule has 0 aliphatic carbocycles. The molecule has 0 amide bonds. The SMILES string of the molecule is Cc1nc2c(nc1C)C(O)N(C)C(O)N2. The lowest BCUT2D eigenvalue weighted by molar-refractivity contribution is -0.0836. The average Bonchev–Trinajstić information content (AvgIpc) is 2.19. The summed E-state index contributed by atoms with van der Waals surface area (Å²) in [5, 5.41) is 22.1. The molecule has 6 nitrogen and oxygen atoms in total. The summed E-state index contributed by atoms with van der Waals surface area (Å²) in [6, 6.07) is 0. The monoisotopic (exact) mass is 210 g/mol. The van der Waals surface area contributed by atoms with Gasteiger partial charge >= 0.3 is 0 Å². The second-order valence-corrected chi connectivity index (χ2v) is 3.69. The number of aliphatic hydroxyl groups excluding tert-OH is 2. The third-order valence-electron chi connectivity index (χ3n) is 2.62. The third kappa shape index (κ3) is 1.56. The van der Waals surface area contributed by atoms with Crippen LogP contribution in [0.5, 0.6) is 0 Å². The van der Waals surface area contributed by atoms with Gasteiger partial charge in [-0.05, 0) is 20.9 Å². The lowest BCUT2D eigenvalue weighted by atomic mass is 10.2. The van der Waals surface area contributed by atoms with Gasteiger partial charge in [0.15, 0.2) is 18.4 Å². The Morgan fingerprint density at radius 1 is 1.20 bits per heavy atom. The average molecular weight is 210 g/mol. The van der Waals surface area contributed by atoms with E-state index in [0.717, 1.165) is 11.4 Å². The van der Waals surface area contributed by atoms with Gasteiger partial charge in [0, 0.05) is 0 Å². The zero-order valence-electron chi connectivity index (χ0n) is 8.89. The molecule has 0 radical (unpaired) electrons.